The predicted molar refractivity (Wildman–Crippen MR) is 83.1 cm³/mol. The molecule has 0 unspecified atom stereocenters. The Balaban J connectivity index is 1.56. The molecule has 0 radical (unpaired) electrons. The van der Waals surface area contributed by atoms with E-state index in [1.165, 1.54) is 5.39 Å². The van der Waals surface area contributed by atoms with Gasteiger partial charge < -0.3 is 9.84 Å². The molecule has 1 fully saturated rings. The summed E-state index contributed by atoms with van der Waals surface area (Å²) in [6, 6.07) is 12.5. The zero-order valence-corrected chi connectivity index (χ0v) is 12.2. The minimum Gasteiger partial charge on any atom is -0.394 e. The van der Waals surface area contributed by atoms with E-state index in [-0.39, 0.29) is 6.61 Å². The number of hydrogen-bond acceptors (Lipinski definition) is 4. The molecule has 1 aromatic heterocycles. The van der Waals surface area contributed by atoms with Crippen LogP contribution in [0.25, 0.3) is 10.9 Å². The fraction of sp³-hybridized carbons (Fsp3) is 0.471. The van der Waals surface area contributed by atoms with Gasteiger partial charge in [0.25, 0.3) is 0 Å². The van der Waals surface area contributed by atoms with E-state index in [4.69, 9.17) is 14.8 Å². The summed E-state index contributed by atoms with van der Waals surface area (Å²) in [5, 5.41) is 9.98. The molecule has 0 bridgehead atoms. The molecule has 1 aliphatic heterocycles. The summed E-state index contributed by atoms with van der Waals surface area (Å²) in [4.78, 5) is 7.16. The number of fused-ring (bicyclic) bond motifs is 1. The highest BCUT2D eigenvalue weighted by Crippen LogP contribution is 2.17. The van der Waals surface area contributed by atoms with Gasteiger partial charge in [0.15, 0.2) is 0 Å². The fourth-order valence-electron chi connectivity index (χ4n) is 2.88. The van der Waals surface area contributed by atoms with E-state index in [2.05, 4.69) is 29.2 Å². The van der Waals surface area contributed by atoms with Crippen LogP contribution >= 0.6 is 0 Å². The van der Waals surface area contributed by atoms with Gasteiger partial charge in [0.1, 0.15) is 0 Å². The number of para-hydroxylation sites is 1. The molecule has 3 rings (SSSR count). The van der Waals surface area contributed by atoms with Crippen molar-refractivity contribution in [1.29, 1.82) is 0 Å². The smallest absolute Gasteiger partial charge is 0.0705 e. The van der Waals surface area contributed by atoms with Gasteiger partial charge in [0.05, 0.1) is 30.5 Å². The normalized spacial score (nSPS) is 17.4. The van der Waals surface area contributed by atoms with Crippen LogP contribution in [-0.2, 0) is 11.3 Å². The standard InChI is InChI=1S/C17H22N2O2/c20-11-12-21-16-7-9-19(10-8-16)13-15-6-5-14-3-1-2-4-17(14)18-15/h1-6,16,20H,7-13H2. The van der Waals surface area contributed by atoms with Crippen LogP contribution in [0.4, 0.5) is 0 Å². The van der Waals surface area contributed by atoms with Crippen molar-refractivity contribution in [2.75, 3.05) is 26.3 Å². The molecule has 4 heteroatoms. The Bertz CT molecular complexity index is 580. The molecule has 2 heterocycles. The Labute approximate surface area is 125 Å². The van der Waals surface area contributed by atoms with Gasteiger partial charge in [-0.25, -0.2) is 0 Å². The highest BCUT2D eigenvalue weighted by Gasteiger charge is 2.19. The first-order chi connectivity index (χ1) is 10.3. The Hall–Kier alpha value is -1.49. The molecule has 1 saturated heterocycles. The zero-order chi connectivity index (χ0) is 14.5. The minimum atomic E-state index is 0.112. The molecule has 0 amide bonds. The lowest BCUT2D eigenvalue weighted by molar-refractivity contribution is -0.00917. The quantitative estimate of drug-likeness (QED) is 0.915. The van der Waals surface area contributed by atoms with Crippen molar-refractivity contribution in [1.82, 2.24) is 9.88 Å². The van der Waals surface area contributed by atoms with Crippen molar-refractivity contribution in [3.63, 3.8) is 0 Å². The number of aromatic nitrogens is 1. The van der Waals surface area contributed by atoms with E-state index in [0.717, 1.165) is 43.7 Å². The first kappa shape index (κ1) is 14.4. The van der Waals surface area contributed by atoms with Gasteiger partial charge in [-0.1, -0.05) is 24.3 Å². The average Bonchev–Trinajstić information content (AvgIpc) is 2.54. The molecule has 1 N–H and O–H groups in total. The molecule has 1 aromatic carbocycles. The number of pyridine rings is 1. The van der Waals surface area contributed by atoms with Crippen molar-refractivity contribution in [3.8, 4) is 0 Å². The Morgan fingerprint density at radius 1 is 1.14 bits per heavy atom. The van der Waals surface area contributed by atoms with Gasteiger partial charge in [-0.15, -0.1) is 0 Å². The monoisotopic (exact) mass is 286 g/mol. The molecule has 0 saturated carbocycles. The maximum atomic E-state index is 8.79. The van der Waals surface area contributed by atoms with Crippen LogP contribution in [0.15, 0.2) is 36.4 Å². The lowest BCUT2D eigenvalue weighted by Crippen LogP contribution is -2.37. The minimum absolute atomic E-state index is 0.112. The number of hydrogen-bond donors (Lipinski definition) is 1. The summed E-state index contributed by atoms with van der Waals surface area (Å²) >= 11 is 0. The molecule has 4 nitrogen and oxygen atoms in total. The summed E-state index contributed by atoms with van der Waals surface area (Å²) in [6.45, 7) is 3.53. The molecule has 21 heavy (non-hydrogen) atoms. The number of aliphatic hydroxyl groups is 1. The van der Waals surface area contributed by atoms with Gasteiger partial charge >= 0.3 is 0 Å². The predicted octanol–water partition coefficient (Wildman–Crippen LogP) is 2.21. The Kier molecular flexibility index (Phi) is 4.80. The van der Waals surface area contributed by atoms with Crippen molar-refractivity contribution in [2.45, 2.75) is 25.5 Å². The largest absolute Gasteiger partial charge is 0.394 e. The van der Waals surface area contributed by atoms with E-state index >= 15 is 0 Å². The SMILES string of the molecule is OCCOC1CCN(Cc2ccc3ccccc3n2)CC1. The highest BCUT2D eigenvalue weighted by molar-refractivity contribution is 5.78. The summed E-state index contributed by atoms with van der Waals surface area (Å²) < 4.78 is 5.60. The number of rotatable bonds is 5. The molecule has 0 atom stereocenters. The number of benzene rings is 1. The van der Waals surface area contributed by atoms with E-state index in [0.29, 0.717) is 12.7 Å². The highest BCUT2D eigenvalue weighted by atomic mass is 16.5. The number of piperidine rings is 1. The van der Waals surface area contributed by atoms with E-state index in [1.54, 1.807) is 0 Å². The lowest BCUT2D eigenvalue weighted by atomic mass is 10.1. The van der Waals surface area contributed by atoms with Crippen molar-refractivity contribution in [3.05, 3.63) is 42.1 Å². The molecule has 112 valence electrons. The molecule has 1 aliphatic rings. The molecular formula is C17H22N2O2. The van der Waals surface area contributed by atoms with Crippen LogP contribution in [0.5, 0.6) is 0 Å². The zero-order valence-electron chi connectivity index (χ0n) is 12.2. The van der Waals surface area contributed by atoms with Crippen LogP contribution in [0.2, 0.25) is 0 Å². The lowest BCUT2D eigenvalue weighted by Gasteiger charge is -2.31. The fourth-order valence-corrected chi connectivity index (χ4v) is 2.88. The summed E-state index contributed by atoms with van der Waals surface area (Å²) in [6.07, 6.45) is 2.37. The third-order valence-electron chi connectivity index (χ3n) is 4.02. The van der Waals surface area contributed by atoms with Gasteiger partial charge in [-0.2, -0.15) is 0 Å². The van der Waals surface area contributed by atoms with E-state index in [1.807, 2.05) is 12.1 Å². The van der Waals surface area contributed by atoms with Crippen LogP contribution in [0, 0.1) is 0 Å². The van der Waals surface area contributed by atoms with Gasteiger partial charge in [0, 0.05) is 25.0 Å². The topological polar surface area (TPSA) is 45.6 Å². The van der Waals surface area contributed by atoms with E-state index in [9.17, 15) is 0 Å². The second-order valence-corrected chi connectivity index (χ2v) is 5.57. The van der Waals surface area contributed by atoms with Crippen molar-refractivity contribution in [2.24, 2.45) is 0 Å². The first-order valence-corrected chi connectivity index (χ1v) is 7.64. The van der Waals surface area contributed by atoms with Crippen LogP contribution < -0.4 is 0 Å². The van der Waals surface area contributed by atoms with Gasteiger partial charge in [-0.3, -0.25) is 9.88 Å². The van der Waals surface area contributed by atoms with Crippen molar-refractivity contribution >= 4 is 10.9 Å². The van der Waals surface area contributed by atoms with E-state index < -0.39 is 0 Å². The van der Waals surface area contributed by atoms with Gasteiger partial charge in [-0.05, 0) is 25.0 Å². The van der Waals surface area contributed by atoms with Crippen molar-refractivity contribution < 1.29 is 9.84 Å². The third kappa shape index (κ3) is 3.79. The number of aliphatic hydroxyl groups excluding tert-OH is 1. The third-order valence-corrected chi connectivity index (χ3v) is 4.02. The maximum absolute atomic E-state index is 8.79. The summed E-state index contributed by atoms with van der Waals surface area (Å²) in [7, 11) is 0. The second-order valence-electron chi connectivity index (χ2n) is 5.57. The summed E-state index contributed by atoms with van der Waals surface area (Å²) in [5.74, 6) is 0. The Morgan fingerprint density at radius 2 is 1.95 bits per heavy atom. The average molecular weight is 286 g/mol. The molecular weight excluding hydrogens is 264 g/mol. The first-order valence-electron chi connectivity index (χ1n) is 7.64. The van der Waals surface area contributed by atoms with Crippen LogP contribution in [-0.4, -0.2) is 47.4 Å². The second kappa shape index (κ2) is 6.98. The number of ether oxygens (including phenoxy) is 1. The van der Waals surface area contributed by atoms with Crippen LogP contribution in [0.3, 0.4) is 0 Å². The molecule has 0 spiro atoms. The molecule has 0 aliphatic carbocycles. The number of nitrogens with zero attached hydrogens (tertiary/aromatic N) is 2. The molecule has 2 aromatic rings. The Morgan fingerprint density at radius 3 is 2.76 bits per heavy atom. The maximum Gasteiger partial charge on any atom is 0.0705 e. The van der Waals surface area contributed by atoms with Crippen LogP contribution in [0.1, 0.15) is 18.5 Å². The van der Waals surface area contributed by atoms with Gasteiger partial charge in [0.2, 0.25) is 0 Å². The summed E-state index contributed by atoms with van der Waals surface area (Å²) in [5.41, 5.74) is 2.19. The number of likely N-dealkylation sites (tertiary alicyclic amines) is 1.